The first-order valence-electron chi connectivity index (χ1n) is 12.3. The Bertz CT molecular complexity index is 1280. The Hall–Kier alpha value is -3.83. The van der Waals surface area contributed by atoms with Crippen LogP contribution in [0.15, 0.2) is 23.8 Å². The van der Waals surface area contributed by atoms with Crippen molar-refractivity contribution < 1.29 is 38.4 Å². The molecular weight excluding hydrogens is 494 g/mol. The van der Waals surface area contributed by atoms with E-state index in [9.17, 15) is 19.5 Å². The molecule has 0 unspecified atom stereocenters. The van der Waals surface area contributed by atoms with Gasteiger partial charge in [-0.2, -0.15) is 0 Å². The second-order valence-corrected chi connectivity index (χ2v) is 9.17. The maximum atomic E-state index is 13.5. The highest BCUT2D eigenvalue weighted by Gasteiger charge is 2.47. The summed E-state index contributed by atoms with van der Waals surface area (Å²) >= 11 is 0. The highest BCUT2D eigenvalue weighted by atomic mass is 16.5. The number of aromatic nitrogens is 1. The van der Waals surface area contributed by atoms with Gasteiger partial charge in [-0.05, 0) is 37.6 Å². The number of benzene rings is 1. The van der Waals surface area contributed by atoms with Gasteiger partial charge in [0.2, 0.25) is 0 Å². The number of rotatable bonds is 8. The molecule has 4 rings (SSSR count). The van der Waals surface area contributed by atoms with Crippen molar-refractivity contribution in [3.8, 4) is 11.5 Å². The number of hydrogen-bond donors (Lipinski definition) is 2. The number of aromatic amines is 1. The summed E-state index contributed by atoms with van der Waals surface area (Å²) in [5.74, 6) is -1.61. The Morgan fingerprint density at radius 1 is 1.11 bits per heavy atom. The van der Waals surface area contributed by atoms with Crippen LogP contribution in [0.5, 0.6) is 11.5 Å². The number of Topliss-reactive ketones (excluding diaryl/α,β-unsaturated/α-hetero) is 1. The number of carbonyl (C=O) groups is 3. The van der Waals surface area contributed by atoms with E-state index >= 15 is 0 Å². The maximum absolute atomic E-state index is 13.5. The second kappa shape index (κ2) is 11.3. The number of ketones is 1. The number of morpholine rings is 1. The average molecular weight is 528 g/mol. The molecule has 2 N–H and O–H groups in total. The van der Waals surface area contributed by atoms with Crippen LogP contribution in [0.3, 0.4) is 0 Å². The predicted octanol–water partition coefficient (Wildman–Crippen LogP) is 2.19. The number of carbonyl (C=O) groups excluding carboxylic acids is 3. The van der Waals surface area contributed by atoms with Gasteiger partial charge in [0.1, 0.15) is 23.0 Å². The van der Waals surface area contributed by atoms with E-state index in [0.29, 0.717) is 48.1 Å². The van der Waals surface area contributed by atoms with Gasteiger partial charge >= 0.3 is 5.97 Å². The van der Waals surface area contributed by atoms with Gasteiger partial charge in [0.15, 0.2) is 0 Å². The molecule has 0 bridgehead atoms. The first kappa shape index (κ1) is 27.2. The Kier molecular flexibility index (Phi) is 8.08. The minimum Gasteiger partial charge on any atom is -0.507 e. The molecule has 0 aliphatic carbocycles. The van der Waals surface area contributed by atoms with E-state index in [0.717, 1.165) is 13.1 Å². The summed E-state index contributed by atoms with van der Waals surface area (Å²) < 4.78 is 21.3. The fourth-order valence-corrected chi connectivity index (χ4v) is 5.11. The summed E-state index contributed by atoms with van der Waals surface area (Å²) in [4.78, 5) is 45.8. The van der Waals surface area contributed by atoms with Crippen LogP contribution in [0.25, 0.3) is 5.76 Å². The largest absolute Gasteiger partial charge is 0.507 e. The molecule has 1 amide bonds. The molecule has 11 heteroatoms. The summed E-state index contributed by atoms with van der Waals surface area (Å²) in [6, 6.07) is 4.15. The average Bonchev–Trinajstić information content (AvgIpc) is 3.37. The van der Waals surface area contributed by atoms with Crippen molar-refractivity contribution >= 4 is 23.4 Å². The lowest BCUT2D eigenvalue weighted by atomic mass is 9.93. The van der Waals surface area contributed by atoms with Crippen molar-refractivity contribution in [2.45, 2.75) is 19.9 Å². The molecule has 38 heavy (non-hydrogen) atoms. The van der Waals surface area contributed by atoms with Crippen molar-refractivity contribution in [2.24, 2.45) is 0 Å². The number of ether oxygens (including phenoxy) is 4. The molecule has 1 atom stereocenters. The first-order chi connectivity index (χ1) is 18.2. The Balaban J connectivity index is 1.88. The Morgan fingerprint density at radius 2 is 1.82 bits per heavy atom. The van der Waals surface area contributed by atoms with Crippen molar-refractivity contribution in [2.75, 3.05) is 60.7 Å². The third kappa shape index (κ3) is 4.86. The zero-order valence-corrected chi connectivity index (χ0v) is 22.3. The lowest BCUT2D eigenvalue weighted by Gasteiger charge is -2.31. The van der Waals surface area contributed by atoms with Crippen LogP contribution in [0.4, 0.5) is 0 Å². The van der Waals surface area contributed by atoms with Gasteiger partial charge in [-0.3, -0.25) is 14.5 Å². The number of methoxy groups -OCH3 is 3. The molecule has 204 valence electrons. The zero-order chi connectivity index (χ0) is 27.6. The van der Waals surface area contributed by atoms with Crippen LogP contribution in [-0.4, -0.2) is 98.3 Å². The van der Waals surface area contributed by atoms with Gasteiger partial charge in [-0.15, -0.1) is 0 Å². The molecule has 0 radical (unpaired) electrons. The number of H-pyrrole nitrogens is 1. The molecule has 2 aromatic rings. The van der Waals surface area contributed by atoms with Crippen LogP contribution < -0.4 is 9.47 Å². The number of nitrogens with zero attached hydrogens (tertiary/aromatic N) is 2. The summed E-state index contributed by atoms with van der Waals surface area (Å²) in [6.45, 7) is 6.70. The van der Waals surface area contributed by atoms with E-state index < -0.39 is 23.7 Å². The molecule has 11 nitrogen and oxygen atoms in total. The number of likely N-dealkylation sites (tertiary alicyclic amines) is 1. The fourth-order valence-electron chi connectivity index (χ4n) is 5.11. The number of aliphatic hydroxyl groups excluding tert-OH is 1. The molecule has 2 aliphatic rings. The Morgan fingerprint density at radius 3 is 2.45 bits per heavy atom. The first-order valence-corrected chi connectivity index (χ1v) is 12.3. The SMILES string of the molecule is COC(=O)c1[nH]c(C)c(/C(O)=C2\C(=O)C(=O)N(CCN3CCOCC3)[C@@H]2c2cc(OC)ccc2OC)c1C. The van der Waals surface area contributed by atoms with Crippen LogP contribution in [0.1, 0.15) is 38.9 Å². The molecular formula is C27H33N3O8. The fraction of sp³-hybridized carbons (Fsp3) is 0.444. The van der Waals surface area contributed by atoms with Crippen molar-refractivity contribution in [3.63, 3.8) is 0 Å². The lowest BCUT2D eigenvalue weighted by Crippen LogP contribution is -2.42. The molecule has 3 heterocycles. The summed E-state index contributed by atoms with van der Waals surface area (Å²) in [7, 11) is 4.27. The standard InChI is InChI=1S/C27H33N3O8/c1-15-20(16(2)28-22(15)27(34)37-5)24(31)21-23(18-14-17(35-3)6-7-19(18)36-4)30(26(33)25(21)32)9-8-29-10-12-38-13-11-29/h6-7,14,23,28,31H,8-13H2,1-5H3/b24-21+/t23-/m1/s1. The number of amides is 1. The minimum absolute atomic E-state index is 0.0925. The summed E-state index contributed by atoms with van der Waals surface area (Å²) in [5.41, 5.74) is 1.69. The normalized spacial score (nSPS) is 19.6. The highest BCUT2D eigenvalue weighted by molar-refractivity contribution is 6.46. The quantitative estimate of drug-likeness (QED) is 0.230. The third-order valence-corrected chi connectivity index (χ3v) is 7.10. The molecule has 1 aromatic carbocycles. The lowest BCUT2D eigenvalue weighted by molar-refractivity contribution is -0.140. The summed E-state index contributed by atoms with van der Waals surface area (Å²) in [5, 5.41) is 11.6. The number of esters is 1. The summed E-state index contributed by atoms with van der Waals surface area (Å²) in [6.07, 6.45) is 0. The van der Waals surface area contributed by atoms with Crippen LogP contribution >= 0.6 is 0 Å². The molecule has 0 spiro atoms. The predicted molar refractivity (Wildman–Crippen MR) is 137 cm³/mol. The van der Waals surface area contributed by atoms with E-state index in [1.807, 2.05) is 0 Å². The highest BCUT2D eigenvalue weighted by Crippen LogP contribution is 2.44. The van der Waals surface area contributed by atoms with Gasteiger partial charge in [0.05, 0.1) is 46.2 Å². The van der Waals surface area contributed by atoms with E-state index in [-0.39, 0.29) is 29.1 Å². The Labute approximate surface area is 220 Å². The smallest absolute Gasteiger partial charge is 0.354 e. The van der Waals surface area contributed by atoms with E-state index in [1.54, 1.807) is 32.0 Å². The van der Waals surface area contributed by atoms with Crippen molar-refractivity contribution in [1.29, 1.82) is 0 Å². The molecule has 1 aromatic heterocycles. The van der Waals surface area contributed by atoms with Gasteiger partial charge in [-0.25, -0.2) is 4.79 Å². The van der Waals surface area contributed by atoms with Gasteiger partial charge < -0.3 is 33.9 Å². The van der Waals surface area contributed by atoms with Crippen molar-refractivity contribution in [3.05, 3.63) is 51.9 Å². The minimum atomic E-state index is -0.948. The monoisotopic (exact) mass is 527 g/mol. The maximum Gasteiger partial charge on any atom is 0.354 e. The van der Waals surface area contributed by atoms with E-state index in [1.165, 1.54) is 26.2 Å². The molecule has 2 saturated heterocycles. The molecule has 0 saturated carbocycles. The van der Waals surface area contributed by atoms with Crippen molar-refractivity contribution in [1.82, 2.24) is 14.8 Å². The second-order valence-electron chi connectivity index (χ2n) is 9.17. The van der Waals surface area contributed by atoms with Crippen LogP contribution in [0, 0.1) is 13.8 Å². The molecule has 2 fully saturated rings. The topological polar surface area (TPSA) is 131 Å². The van der Waals surface area contributed by atoms with E-state index in [2.05, 4.69) is 9.88 Å². The number of aryl methyl sites for hydroxylation is 1. The zero-order valence-electron chi connectivity index (χ0n) is 22.3. The van der Waals surface area contributed by atoms with Crippen LogP contribution in [0.2, 0.25) is 0 Å². The third-order valence-electron chi connectivity index (χ3n) is 7.10. The van der Waals surface area contributed by atoms with E-state index in [4.69, 9.17) is 18.9 Å². The number of aliphatic hydroxyl groups is 1. The van der Waals surface area contributed by atoms with Crippen LogP contribution in [-0.2, 0) is 19.1 Å². The molecule has 2 aliphatic heterocycles. The van der Waals surface area contributed by atoms with Gasteiger partial charge in [0, 0.05) is 43.0 Å². The van der Waals surface area contributed by atoms with Gasteiger partial charge in [-0.1, -0.05) is 0 Å². The number of hydrogen-bond acceptors (Lipinski definition) is 9. The number of nitrogens with one attached hydrogen (secondary N) is 1. The van der Waals surface area contributed by atoms with Gasteiger partial charge in [0.25, 0.3) is 11.7 Å².